The second-order valence-corrected chi connectivity index (χ2v) is 10.1. The normalized spacial score (nSPS) is 15.6. The highest BCUT2D eigenvalue weighted by Gasteiger charge is 2.34. The molecular formula is C21H20FN3O5S2. The second-order valence-electron chi connectivity index (χ2n) is 6.95. The van der Waals surface area contributed by atoms with Crippen molar-refractivity contribution in [1.82, 2.24) is 14.5 Å². The summed E-state index contributed by atoms with van der Waals surface area (Å²) in [6.45, 7) is 0.00268. The first-order valence-corrected chi connectivity index (χ1v) is 11.7. The van der Waals surface area contributed by atoms with Gasteiger partial charge in [-0.15, -0.1) is 0 Å². The van der Waals surface area contributed by atoms with Gasteiger partial charge in [0.05, 0.1) is 9.80 Å². The molecule has 0 bridgehead atoms. The van der Waals surface area contributed by atoms with Crippen LogP contribution in [0.3, 0.4) is 0 Å². The van der Waals surface area contributed by atoms with Gasteiger partial charge < -0.3 is 5.32 Å². The first-order chi connectivity index (χ1) is 15.1. The van der Waals surface area contributed by atoms with Crippen LogP contribution in [0.1, 0.15) is 15.9 Å². The van der Waals surface area contributed by atoms with Crippen molar-refractivity contribution in [2.45, 2.75) is 4.90 Å². The number of hydrogen-bond acceptors (Lipinski definition) is 6. The molecule has 0 radical (unpaired) electrons. The van der Waals surface area contributed by atoms with Gasteiger partial charge in [-0.25, -0.2) is 17.1 Å². The molecule has 1 fully saturated rings. The Morgan fingerprint density at radius 3 is 2.31 bits per heavy atom. The van der Waals surface area contributed by atoms with Gasteiger partial charge in [0, 0.05) is 32.7 Å². The van der Waals surface area contributed by atoms with Crippen molar-refractivity contribution in [1.29, 1.82) is 0 Å². The zero-order chi connectivity index (χ0) is 23.5. The molecule has 3 rings (SSSR count). The first-order valence-electron chi connectivity index (χ1n) is 9.41. The van der Waals surface area contributed by atoms with E-state index in [0.29, 0.717) is 5.56 Å². The number of benzene rings is 2. The number of nitrogens with one attached hydrogen (secondary N) is 1. The minimum atomic E-state index is -3.60. The molecule has 8 nitrogen and oxygen atoms in total. The highest BCUT2D eigenvalue weighted by molar-refractivity contribution is 8.18. The van der Waals surface area contributed by atoms with Gasteiger partial charge >= 0.3 is 0 Å². The molecule has 168 valence electrons. The van der Waals surface area contributed by atoms with E-state index in [0.717, 1.165) is 21.0 Å². The van der Waals surface area contributed by atoms with Gasteiger partial charge in [0.25, 0.3) is 17.1 Å². The van der Waals surface area contributed by atoms with E-state index in [-0.39, 0.29) is 28.5 Å². The molecule has 1 N–H and O–H groups in total. The lowest BCUT2D eigenvalue weighted by Crippen LogP contribution is -2.37. The van der Waals surface area contributed by atoms with Gasteiger partial charge in [-0.2, -0.15) is 0 Å². The van der Waals surface area contributed by atoms with E-state index < -0.39 is 32.9 Å². The van der Waals surface area contributed by atoms with Gasteiger partial charge in [-0.1, -0.05) is 12.1 Å². The second kappa shape index (κ2) is 9.63. The summed E-state index contributed by atoms with van der Waals surface area (Å²) in [7, 11) is -0.772. The Labute approximate surface area is 189 Å². The van der Waals surface area contributed by atoms with Gasteiger partial charge in [0.1, 0.15) is 5.82 Å². The van der Waals surface area contributed by atoms with Crippen molar-refractivity contribution >= 4 is 44.9 Å². The lowest BCUT2D eigenvalue weighted by molar-refractivity contribution is -0.122. The molecule has 1 aliphatic heterocycles. The number of carbonyl (C=O) groups is 3. The average molecular weight is 478 g/mol. The zero-order valence-corrected chi connectivity index (χ0v) is 18.9. The summed E-state index contributed by atoms with van der Waals surface area (Å²) in [6.07, 6.45) is 1.51. The summed E-state index contributed by atoms with van der Waals surface area (Å²) >= 11 is 0.773. The molecule has 1 saturated heterocycles. The van der Waals surface area contributed by atoms with E-state index in [9.17, 15) is 27.2 Å². The maximum atomic E-state index is 13.0. The third kappa shape index (κ3) is 5.23. The van der Waals surface area contributed by atoms with E-state index in [1.54, 1.807) is 0 Å². The highest BCUT2D eigenvalue weighted by Crippen LogP contribution is 2.31. The molecular weight excluding hydrogens is 457 g/mol. The number of amides is 3. The molecule has 3 amide bonds. The monoisotopic (exact) mass is 477 g/mol. The number of hydrogen-bond donors (Lipinski definition) is 1. The molecule has 11 heteroatoms. The van der Waals surface area contributed by atoms with Crippen molar-refractivity contribution in [3.8, 4) is 0 Å². The predicted octanol–water partition coefficient (Wildman–Crippen LogP) is 2.54. The fourth-order valence-corrected chi connectivity index (χ4v) is 4.54. The first kappa shape index (κ1) is 23.6. The summed E-state index contributed by atoms with van der Waals surface area (Å²) in [5, 5.41) is 2.14. The number of thioether (sulfide) groups is 1. The Morgan fingerprint density at radius 1 is 1.09 bits per heavy atom. The van der Waals surface area contributed by atoms with E-state index in [1.807, 2.05) is 0 Å². The molecule has 0 aliphatic carbocycles. The Bertz CT molecular complexity index is 1180. The maximum absolute atomic E-state index is 13.0. The Kier molecular flexibility index (Phi) is 7.12. The molecule has 0 atom stereocenters. The number of carbonyl (C=O) groups excluding carboxylic acids is 3. The summed E-state index contributed by atoms with van der Waals surface area (Å²) < 4.78 is 38.3. The van der Waals surface area contributed by atoms with Crippen LogP contribution in [-0.4, -0.2) is 61.9 Å². The third-order valence-corrected chi connectivity index (χ3v) is 7.29. The lowest BCUT2D eigenvalue weighted by atomic mass is 10.2. The van der Waals surface area contributed by atoms with Crippen LogP contribution in [0.25, 0.3) is 6.08 Å². The fourth-order valence-electron chi connectivity index (χ4n) is 2.78. The van der Waals surface area contributed by atoms with Crippen LogP contribution >= 0.6 is 11.8 Å². The van der Waals surface area contributed by atoms with Crippen LogP contribution in [0.5, 0.6) is 0 Å². The average Bonchev–Trinajstić information content (AvgIpc) is 3.02. The highest BCUT2D eigenvalue weighted by atomic mass is 32.2. The van der Waals surface area contributed by atoms with Gasteiger partial charge in [0.15, 0.2) is 0 Å². The third-order valence-electron chi connectivity index (χ3n) is 4.56. The van der Waals surface area contributed by atoms with E-state index in [4.69, 9.17) is 0 Å². The number of imide groups is 1. The fraction of sp³-hybridized carbons (Fsp3) is 0.190. The standard InChI is InChI=1S/C21H20FN3O5S2/c1-24(2)32(29,30)17-9-5-15(6-10-17)19(26)23-11-12-25-20(27)18(31-21(25)28)13-14-3-7-16(22)8-4-14/h3-10,13H,11-12H2,1-2H3,(H,23,26). The largest absolute Gasteiger partial charge is 0.350 e. The van der Waals surface area contributed by atoms with Crippen LogP contribution < -0.4 is 5.32 Å². The van der Waals surface area contributed by atoms with E-state index in [2.05, 4.69) is 5.32 Å². The van der Waals surface area contributed by atoms with Crippen molar-refractivity contribution in [3.05, 3.63) is 70.4 Å². The minimum Gasteiger partial charge on any atom is -0.350 e. The van der Waals surface area contributed by atoms with Crippen LogP contribution in [0.2, 0.25) is 0 Å². The van der Waals surface area contributed by atoms with Crippen LogP contribution in [0.15, 0.2) is 58.3 Å². The van der Waals surface area contributed by atoms with Gasteiger partial charge in [-0.3, -0.25) is 19.3 Å². The smallest absolute Gasteiger partial charge is 0.293 e. The zero-order valence-electron chi connectivity index (χ0n) is 17.2. The van der Waals surface area contributed by atoms with E-state index in [1.165, 1.54) is 68.7 Å². The Balaban J connectivity index is 1.58. The van der Waals surface area contributed by atoms with E-state index >= 15 is 0 Å². The van der Waals surface area contributed by atoms with Gasteiger partial charge in [-0.05, 0) is 59.8 Å². The maximum Gasteiger partial charge on any atom is 0.293 e. The summed E-state index contributed by atoms with van der Waals surface area (Å²) in [5.74, 6) is -1.36. The van der Waals surface area contributed by atoms with Gasteiger partial charge in [0.2, 0.25) is 10.0 Å². The lowest BCUT2D eigenvalue weighted by Gasteiger charge is -2.13. The predicted molar refractivity (Wildman–Crippen MR) is 119 cm³/mol. The van der Waals surface area contributed by atoms with Crippen LogP contribution in [0, 0.1) is 5.82 Å². The SMILES string of the molecule is CN(C)S(=O)(=O)c1ccc(C(=O)NCCN2C(=O)SC(=Cc3ccc(F)cc3)C2=O)cc1. The molecule has 0 saturated carbocycles. The van der Waals surface area contributed by atoms with Crippen LogP contribution in [-0.2, 0) is 14.8 Å². The molecule has 2 aromatic rings. The molecule has 2 aromatic carbocycles. The summed E-state index contributed by atoms with van der Waals surface area (Å²) in [4.78, 5) is 38.3. The summed E-state index contributed by atoms with van der Waals surface area (Å²) in [5.41, 5.74) is 0.831. The van der Waals surface area contributed by atoms with Crippen molar-refractivity contribution in [2.75, 3.05) is 27.2 Å². The number of nitrogens with zero attached hydrogens (tertiary/aromatic N) is 2. The van der Waals surface area contributed by atoms with Crippen LogP contribution in [0.4, 0.5) is 9.18 Å². The molecule has 0 spiro atoms. The number of sulfonamides is 1. The molecule has 1 heterocycles. The Morgan fingerprint density at radius 2 is 1.72 bits per heavy atom. The molecule has 0 unspecified atom stereocenters. The topological polar surface area (TPSA) is 104 Å². The molecule has 1 aliphatic rings. The quantitative estimate of drug-likeness (QED) is 0.615. The number of rotatable bonds is 7. The Hall–Kier alpha value is -3.02. The number of halogens is 1. The minimum absolute atomic E-state index is 0.0236. The van der Waals surface area contributed by atoms with Crippen molar-refractivity contribution < 1.29 is 27.2 Å². The molecule has 0 aromatic heterocycles. The summed E-state index contributed by atoms with van der Waals surface area (Å²) in [6, 6.07) is 11.0. The van der Waals surface area contributed by atoms with Crippen molar-refractivity contribution in [2.24, 2.45) is 0 Å². The molecule has 32 heavy (non-hydrogen) atoms. The van der Waals surface area contributed by atoms with Crippen molar-refractivity contribution in [3.63, 3.8) is 0 Å².